The summed E-state index contributed by atoms with van der Waals surface area (Å²) in [6, 6.07) is 1.53. The van der Waals surface area contributed by atoms with Gasteiger partial charge in [0, 0.05) is 10.7 Å². The highest BCUT2D eigenvalue weighted by Gasteiger charge is 2.25. The van der Waals surface area contributed by atoms with Crippen molar-refractivity contribution in [3.05, 3.63) is 28.2 Å². The second-order valence-corrected chi connectivity index (χ2v) is 6.98. The molecule has 0 aliphatic heterocycles. The van der Waals surface area contributed by atoms with Crippen molar-refractivity contribution in [1.29, 1.82) is 0 Å². The van der Waals surface area contributed by atoms with E-state index < -0.39 is 22.1 Å². The van der Waals surface area contributed by atoms with Gasteiger partial charge in [0.25, 0.3) is 0 Å². The van der Waals surface area contributed by atoms with E-state index in [-0.39, 0.29) is 5.56 Å². The van der Waals surface area contributed by atoms with Crippen LogP contribution in [0, 0.1) is 5.95 Å². The van der Waals surface area contributed by atoms with Crippen molar-refractivity contribution in [3.63, 3.8) is 0 Å². The zero-order chi connectivity index (χ0) is 12.3. The number of aromatic nitrogens is 1. The van der Waals surface area contributed by atoms with Gasteiger partial charge in [-0.05, 0) is 42.8 Å². The molecule has 0 spiro atoms. The minimum absolute atomic E-state index is 0.215. The number of hydrogen-bond acceptors (Lipinski definition) is 3. The van der Waals surface area contributed by atoms with Crippen molar-refractivity contribution in [3.8, 4) is 0 Å². The highest BCUT2D eigenvalue weighted by atomic mass is 79.9. The van der Waals surface area contributed by atoms with E-state index >= 15 is 0 Å². The van der Waals surface area contributed by atoms with Crippen LogP contribution in [-0.2, 0) is 11.4 Å². The van der Waals surface area contributed by atoms with Crippen LogP contribution in [0.3, 0.4) is 0 Å². The predicted molar refractivity (Wildman–Crippen MR) is 67.4 cm³/mol. The Morgan fingerprint density at radius 1 is 1.56 bits per heavy atom. The summed E-state index contributed by atoms with van der Waals surface area (Å²) in [5, 5.41) is 0. The van der Waals surface area contributed by atoms with Gasteiger partial charge in [-0.2, -0.15) is 4.39 Å². The molecule has 1 atom stereocenters. The Balaban J connectivity index is 2.88. The molecule has 0 N–H and O–H groups in total. The lowest BCUT2D eigenvalue weighted by Gasteiger charge is -2.17. The molecule has 1 aromatic heterocycles. The van der Waals surface area contributed by atoms with Crippen molar-refractivity contribution >= 4 is 33.5 Å². The first-order valence-corrected chi connectivity index (χ1v) is 6.48. The van der Waals surface area contributed by atoms with Crippen LogP contribution in [0.25, 0.3) is 0 Å². The fourth-order valence-corrected chi connectivity index (χ4v) is 1.67. The monoisotopic (exact) mass is 306 g/mol. The normalized spacial score (nSPS) is 14.4. The second-order valence-electron chi connectivity index (χ2n) is 4.13. The first kappa shape index (κ1) is 13.6. The van der Waals surface area contributed by atoms with Gasteiger partial charge in [-0.15, -0.1) is 0 Å². The van der Waals surface area contributed by atoms with Crippen LogP contribution in [0.5, 0.6) is 0 Å². The molecule has 0 aromatic carbocycles. The van der Waals surface area contributed by atoms with Crippen LogP contribution in [0.15, 0.2) is 21.1 Å². The maximum absolute atomic E-state index is 13.2. The smallest absolute Gasteiger partial charge is 0.221 e. The summed E-state index contributed by atoms with van der Waals surface area (Å²) in [6.07, 6.45) is 2.60. The van der Waals surface area contributed by atoms with E-state index in [0.29, 0.717) is 4.47 Å². The van der Waals surface area contributed by atoms with Crippen molar-refractivity contribution in [2.24, 2.45) is 4.40 Å². The van der Waals surface area contributed by atoms with E-state index in [4.69, 9.17) is 0 Å². The second kappa shape index (κ2) is 5.25. The summed E-state index contributed by atoms with van der Waals surface area (Å²) in [5.41, 5.74) is 0.215. The molecule has 3 nitrogen and oxygen atoms in total. The van der Waals surface area contributed by atoms with Gasteiger partial charge in [0.15, 0.2) is 0 Å². The standard InChI is InChI=1S/C10H12BrFN2OS/c1-10(2,3)16(15)14-5-7-4-8(11)6-13-9(7)12/h4-6H,1-3H3. The summed E-state index contributed by atoms with van der Waals surface area (Å²) >= 11 is 1.78. The SMILES string of the molecule is CC(C)(C)[S+]([O-])N=Cc1cc(Br)cnc1F. The Kier molecular flexibility index (Phi) is 4.46. The van der Waals surface area contributed by atoms with Crippen molar-refractivity contribution in [2.75, 3.05) is 0 Å². The Bertz CT molecular complexity index is 406. The zero-order valence-corrected chi connectivity index (χ0v) is 11.6. The predicted octanol–water partition coefficient (Wildman–Crippen LogP) is 2.86. The van der Waals surface area contributed by atoms with Gasteiger partial charge in [-0.1, -0.05) is 4.40 Å². The number of rotatable bonds is 2. The summed E-state index contributed by atoms with van der Waals surface area (Å²) in [4.78, 5) is 3.52. The Hall–Kier alpha value is -0.460. The third-order valence-corrected chi connectivity index (χ3v) is 3.42. The number of pyridine rings is 1. The average molecular weight is 307 g/mol. The Morgan fingerprint density at radius 2 is 2.19 bits per heavy atom. The molecule has 0 radical (unpaired) electrons. The minimum atomic E-state index is -1.39. The average Bonchev–Trinajstić information content (AvgIpc) is 2.17. The molecule has 6 heteroatoms. The molecule has 16 heavy (non-hydrogen) atoms. The molecule has 0 aliphatic carbocycles. The van der Waals surface area contributed by atoms with E-state index in [1.807, 2.05) is 0 Å². The van der Waals surface area contributed by atoms with Crippen LogP contribution in [0.2, 0.25) is 0 Å². The maximum Gasteiger partial charge on any atom is 0.221 e. The lowest BCUT2D eigenvalue weighted by Crippen LogP contribution is -2.25. The minimum Gasteiger partial charge on any atom is -0.591 e. The van der Waals surface area contributed by atoms with Crippen LogP contribution in [0.1, 0.15) is 26.3 Å². The molecule has 0 fully saturated rings. The molecule has 0 saturated heterocycles. The van der Waals surface area contributed by atoms with Crippen molar-refractivity contribution < 1.29 is 8.94 Å². The summed E-state index contributed by atoms with van der Waals surface area (Å²) < 4.78 is 28.8. The molecule has 1 unspecified atom stereocenters. The molecular weight excluding hydrogens is 295 g/mol. The quantitative estimate of drug-likeness (QED) is 0.479. The molecule has 88 valence electrons. The fraction of sp³-hybridized carbons (Fsp3) is 0.400. The fourth-order valence-electron chi connectivity index (χ4n) is 0.792. The highest BCUT2D eigenvalue weighted by molar-refractivity contribution is 9.10. The van der Waals surface area contributed by atoms with Gasteiger partial charge in [-0.3, -0.25) is 0 Å². The van der Waals surface area contributed by atoms with E-state index in [0.717, 1.165) is 0 Å². The maximum atomic E-state index is 13.2. The Morgan fingerprint density at radius 3 is 2.75 bits per heavy atom. The van der Waals surface area contributed by atoms with Crippen LogP contribution in [-0.4, -0.2) is 20.5 Å². The van der Waals surface area contributed by atoms with Crippen molar-refractivity contribution in [1.82, 2.24) is 4.98 Å². The third-order valence-electron chi connectivity index (χ3n) is 1.64. The summed E-state index contributed by atoms with van der Waals surface area (Å²) in [7, 11) is 0. The molecule has 1 rings (SSSR count). The molecular formula is C10H12BrFN2OS. The van der Waals surface area contributed by atoms with Gasteiger partial charge in [0.2, 0.25) is 5.95 Å². The molecule has 1 heterocycles. The van der Waals surface area contributed by atoms with Crippen LogP contribution in [0.4, 0.5) is 4.39 Å². The van der Waals surface area contributed by atoms with E-state index in [1.165, 1.54) is 18.5 Å². The van der Waals surface area contributed by atoms with E-state index in [9.17, 15) is 8.94 Å². The molecule has 0 amide bonds. The lowest BCUT2D eigenvalue weighted by molar-refractivity contribution is 0.561. The zero-order valence-electron chi connectivity index (χ0n) is 9.20. The van der Waals surface area contributed by atoms with Gasteiger partial charge < -0.3 is 4.55 Å². The van der Waals surface area contributed by atoms with Crippen LogP contribution >= 0.6 is 15.9 Å². The molecule has 0 bridgehead atoms. The molecule has 0 aliphatic rings. The van der Waals surface area contributed by atoms with Gasteiger partial charge in [-0.25, -0.2) is 4.98 Å². The topological polar surface area (TPSA) is 48.3 Å². The van der Waals surface area contributed by atoms with Crippen molar-refractivity contribution in [2.45, 2.75) is 25.5 Å². The molecule has 1 aromatic rings. The van der Waals surface area contributed by atoms with E-state index in [2.05, 4.69) is 25.3 Å². The first-order chi connectivity index (χ1) is 7.30. The number of nitrogens with zero attached hydrogens (tertiary/aromatic N) is 2. The van der Waals surface area contributed by atoms with E-state index in [1.54, 1.807) is 20.8 Å². The summed E-state index contributed by atoms with van der Waals surface area (Å²) in [5.74, 6) is -0.627. The highest BCUT2D eigenvalue weighted by Crippen LogP contribution is 2.17. The number of hydrogen-bond donors (Lipinski definition) is 0. The number of halogens is 2. The first-order valence-electron chi connectivity index (χ1n) is 4.58. The third kappa shape index (κ3) is 3.84. The summed E-state index contributed by atoms with van der Waals surface area (Å²) in [6.45, 7) is 5.40. The molecule has 0 saturated carbocycles. The largest absolute Gasteiger partial charge is 0.591 e. The Labute approximate surface area is 106 Å². The van der Waals surface area contributed by atoms with Crippen LogP contribution < -0.4 is 0 Å². The van der Waals surface area contributed by atoms with Gasteiger partial charge in [0.05, 0.1) is 11.8 Å². The van der Waals surface area contributed by atoms with Gasteiger partial charge >= 0.3 is 0 Å². The lowest BCUT2D eigenvalue weighted by atomic mass is 10.3. The van der Waals surface area contributed by atoms with Gasteiger partial charge in [0.1, 0.15) is 16.1 Å².